The molecule has 1 atom stereocenters. The smallest absolute Gasteiger partial charge is 0.118 e. The molecule has 1 unspecified atom stereocenters. The highest BCUT2D eigenvalue weighted by Crippen LogP contribution is 2.27. The fourth-order valence-corrected chi connectivity index (χ4v) is 1.66. The van der Waals surface area contributed by atoms with Gasteiger partial charge in [0.1, 0.15) is 5.75 Å². The molecular formula is C13H18O2. The fourth-order valence-electron chi connectivity index (χ4n) is 1.66. The van der Waals surface area contributed by atoms with Crippen molar-refractivity contribution in [2.75, 3.05) is 13.7 Å². The Morgan fingerprint density at radius 1 is 1.40 bits per heavy atom. The topological polar surface area (TPSA) is 29.5 Å². The lowest BCUT2D eigenvalue weighted by atomic mass is 9.90. The molecule has 0 aromatic heterocycles. The zero-order chi connectivity index (χ0) is 11.3. The van der Waals surface area contributed by atoms with Crippen LogP contribution in [0.4, 0.5) is 0 Å². The van der Waals surface area contributed by atoms with Crippen LogP contribution in [0, 0.1) is 0 Å². The Balaban J connectivity index is 2.86. The first kappa shape index (κ1) is 11.8. The standard InChI is InChI=1S/C13H18O2/c1-10(2)13(8-9-14)11-4-6-12(15-3)7-5-11/h4-7,13-14H,1,8-9H2,2-3H3. The van der Waals surface area contributed by atoms with Crippen molar-refractivity contribution in [3.63, 3.8) is 0 Å². The Labute approximate surface area is 91.2 Å². The average Bonchev–Trinajstić information content (AvgIpc) is 2.26. The van der Waals surface area contributed by atoms with E-state index in [2.05, 4.69) is 6.58 Å². The van der Waals surface area contributed by atoms with Gasteiger partial charge in [-0.3, -0.25) is 0 Å². The van der Waals surface area contributed by atoms with E-state index in [1.807, 2.05) is 31.2 Å². The predicted molar refractivity (Wildman–Crippen MR) is 62.3 cm³/mol. The van der Waals surface area contributed by atoms with Gasteiger partial charge in [0.2, 0.25) is 0 Å². The van der Waals surface area contributed by atoms with Crippen molar-refractivity contribution < 1.29 is 9.84 Å². The maximum absolute atomic E-state index is 8.98. The lowest BCUT2D eigenvalue weighted by Crippen LogP contribution is -2.02. The minimum atomic E-state index is 0.184. The molecule has 1 rings (SSSR count). The Kier molecular flexibility index (Phi) is 4.37. The third-order valence-corrected chi connectivity index (χ3v) is 2.53. The number of hydrogen-bond acceptors (Lipinski definition) is 2. The summed E-state index contributed by atoms with van der Waals surface area (Å²) < 4.78 is 5.10. The molecule has 0 fully saturated rings. The van der Waals surface area contributed by atoms with Gasteiger partial charge in [-0.15, -0.1) is 0 Å². The highest BCUT2D eigenvalue weighted by molar-refractivity contribution is 5.32. The second kappa shape index (κ2) is 5.56. The predicted octanol–water partition coefficient (Wildman–Crippen LogP) is 2.74. The third kappa shape index (κ3) is 3.10. The zero-order valence-corrected chi connectivity index (χ0v) is 9.36. The highest BCUT2D eigenvalue weighted by Gasteiger charge is 2.11. The van der Waals surface area contributed by atoms with Crippen LogP contribution in [0.1, 0.15) is 24.8 Å². The first-order chi connectivity index (χ1) is 7.19. The number of methoxy groups -OCH3 is 1. The van der Waals surface area contributed by atoms with Crippen molar-refractivity contribution >= 4 is 0 Å². The number of benzene rings is 1. The van der Waals surface area contributed by atoms with Gasteiger partial charge in [0.15, 0.2) is 0 Å². The molecule has 0 aliphatic carbocycles. The van der Waals surface area contributed by atoms with Crippen molar-refractivity contribution in [1.29, 1.82) is 0 Å². The van der Waals surface area contributed by atoms with Crippen molar-refractivity contribution in [1.82, 2.24) is 0 Å². The molecule has 2 heteroatoms. The first-order valence-corrected chi connectivity index (χ1v) is 5.09. The van der Waals surface area contributed by atoms with E-state index < -0.39 is 0 Å². The molecule has 0 heterocycles. The number of allylic oxidation sites excluding steroid dienone is 1. The minimum Gasteiger partial charge on any atom is -0.497 e. The van der Waals surface area contributed by atoms with Gasteiger partial charge in [0, 0.05) is 12.5 Å². The molecule has 1 N–H and O–H groups in total. The van der Waals surface area contributed by atoms with E-state index in [9.17, 15) is 0 Å². The van der Waals surface area contributed by atoms with Gasteiger partial charge in [-0.2, -0.15) is 0 Å². The van der Waals surface area contributed by atoms with Gasteiger partial charge in [-0.05, 0) is 31.0 Å². The quantitative estimate of drug-likeness (QED) is 0.751. The normalized spacial score (nSPS) is 12.2. The summed E-state index contributed by atoms with van der Waals surface area (Å²) in [7, 11) is 1.65. The highest BCUT2D eigenvalue weighted by atomic mass is 16.5. The van der Waals surface area contributed by atoms with E-state index in [0.717, 1.165) is 17.7 Å². The summed E-state index contributed by atoms with van der Waals surface area (Å²) in [5, 5.41) is 8.98. The van der Waals surface area contributed by atoms with Crippen molar-refractivity contribution in [3.8, 4) is 5.75 Å². The van der Waals surface area contributed by atoms with Crippen LogP contribution in [0.3, 0.4) is 0 Å². The van der Waals surface area contributed by atoms with Gasteiger partial charge < -0.3 is 9.84 Å². The van der Waals surface area contributed by atoms with Crippen LogP contribution in [-0.2, 0) is 0 Å². The summed E-state index contributed by atoms with van der Waals surface area (Å²) in [5.74, 6) is 1.09. The monoisotopic (exact) mass is 206 g/mol. The lowest BCUT2D eigenvalue weighted by Gasteiger charge is -2.16. The number of aliphatic hydroxyl groups excluding tert-OH is 1. The van der Waals surface area contributed by atoms with Crippen LogP contribution in [0.15, 0.2) is 36.4 Å². The zero-order valence-electron chi connectivity index (χ0n) is 9.36. The maximum Gasteiger partial charge on any atom is 0.118 e. The van der Waals surface area contributed by atoms with Crippen LogP contribution in [-0.4, -0.2) is 18.8 Å². The number of aliphatic hydroxyl groups is 1. The molecular weight excluding hydrogens is 188 g/mol. The molecule has 0 saturated heterocycles. The second-order valence-corrected chi connectivity index (χ2v) is 3.68. The molecule has 0 bridgehead atoms. The molecule has 1 aromatic carbocycles. The minimum absolute atomic E-state index is 0.184. The van der Waals surface area contributed by atoms with E-state index in [1.54, 1.807) is 7.11 Å². The van der Waals surface area contributed by atoms with Crippen molar-refractivity contribution in [3.05, 3.63) is 42.0 Å². The largest absolute Gasteiger partial charge is 0.497 e. The summed E-state index contributed by atoms with van der Waals surface area (Å²) in [5.41, 5.74) is 2.26. The Morgan fingerprint density at radius 2 is 2.00 bits per heavy atom. The Bertz CT molecular complexity index is 314. The molecule has 0 aliphatic rings. The van der Waals surface area contributed by atoms with E-state index in [0.29, 0.717) is 0 Å². The molecule has 15 heavy (non-hydrogen) atoms. The molecule has 2 nitrogen and oxygen atoms in total. The lowest BCUT2D eigenvalue weighted by molar-refractivity contribution is 0.281. The SMILES string of the molecule is C=C(C)C(CCO)c1ccc(OC)cc1. The summed E-state index contributed by atoms with van der Waals surface area (Å²) in [6, 6.07) is 7.91. The average molecular weight is 206 g/mol. The summed E-state index contributed by atoms with van der Waals surface area (Å²) >= 11 is 0. The van der Waals surface area contributed by atoms with Crippen LogP contribution in [0.25, 0.3) is 0 Å². The van der Waals surface area contributed by atoms with Crippen molar-refractivity contribution in [2.45, 2.75) is 19.3 Å². The molecule has 82 valence electrons. The van der Waals surface area contributed by atoms with E-state index >= 15 is 0 Å². The number of rotatable bonds is 5. The maximum atomic E-state index is 8.98. The van der Waals surface area contributed by atoms with E-state index in [1.165, 1.54) is 5.56 Å². The van der Waals surface area contributed by atoms with E-state index in [-0.39, 0.29) is 12.5 Å². The molecule has 0 saturated carbocycles. The summed E-state index contributed by atoms with van der Waals surface area (Å²) in [4.78, 5) is 0. The van der Waals surface area contributed by atoms with Crippen LogP contribution < -0.4 is 4.74 Å². The summed E-state index contributed by atoms with van der Waals surface area (Å²) in [6.45, 7) is 6.13. The van der Waals surface area contributed by atoms with E-state index in [4.69, 9.17) is 9.84 Å². The van der Waals surface area contributed by atoms with Gasteiger partial charge in [0.05, 0.1) is 7.11 Å². The van der Waals surface area contributed by atoms with Gasteiger partial charge in [-0.1, -0.05) is 24.3 Å². The number of hydrogen-bond donors (Lipinski definition) is 1. The Hall–Kier alpha value is -1.28. The number of ether oxygens (including phenoxy) is 1. The molecule has 1 aromatic rings. The van der Waals surface area contributed by atoms with Crippen LogP contribution in [0.2, 0.25) is 0 Å². The first-order valence-electron chi connectivity index (χ1n) is 5.09. The Morgan fingerprint density at radius 3 is 2.40 bits per heavy atom. The van der Waals surface area contributed by atoms with Crippen molar-refractivity contribution in [2.24, 2.45) is 0 Å². The van der Waals surface area contributed by atoms with Crippen LogP contribution in [0.5, 0.6) is 5.75 Å². The molecule has 0 aliphatic heterocycles. The van der Waals surface area contributed by atoms with Gasteiger partial charge >= 0.3 is 0 Å². The third-order valence-electron chi connectivity index (χ3n) is 2.53. The van der Waals surface area contributed by atoms with Gasteiger partial charge in [-0.25, -0.2) is 0 Å². The second-order valence-electron chi connectivity index (χ2n) is 3.68. The van der Waals surface area contributed by atoms with Crippen LogP contribution >= 0.6 is 0 Å². The fraction of sp³-hybridized carbons (Fsp3) is 0.385. The molecule has 0 radical (unpaired) electrons. The molecule has 0 spiro atoms. The summed E-state index contributed by atoms with van der Waals surface area (Å²) in [6.07, 6.45) is 0.724. The van der Waals surface area contributed by atoms with Gasteiger partial charge in [0.25, 0.3) is 0 Å². The molecule has 0 amide bonds.